The molecule has 0 aliphatic heterocycles. The maximum Gasteiger partial charge on any atom is 0.250 e. The molecular weight excluding hydrogens is 144 g/mol. The number of nitrogens with zero attached hydrogens (tertiary/aromatic N) is 2. The van der Waals surface area contributed by atoms with Gasteiger partial charge in [0.2, 0.25) is 11.9 Å². The van der Waals surface area contributed by atoms with Gasteiger partial charge < -0.3 is 0 Å². The first-order valence-corrected chi connectivity index (χ1v) is 3.12. The average molecular weight is 152 g/mol. The van der Waals surface area contributed by atoms with Crippen LogP contribution in [0.25, 0.3) is 0 Å². The summed E-state index contributed by atoms with van der Waals surface area (Å²) in [6.45, 7) is 1.76. The molecule has 11 heavy (non-hydrogen) atoms. The number of amides is 1. The van der Waals surface area contributed by atoms with E-state index < -0.39 is 0 Å². The Hall–Kier alpha value is -1.65. The molecule has 5 heteroatoms. The second-order valence-electron chi connectivity index (χ2n) is 1.82. The zero-order chi connectivity index (χ0) is 8.10. The third kappa shape index (κ3) is 2.21. The Bertz CT molecular complexity index is 252. The molecule has 0 fully saturated rings. The van der Waals surface area contributed by atoms with E-state index in [2.05, 4.69) is 20.5 Å². The highest BCUT2D eigenvalue weighted by molar-refractivity contribution is 5.97. The smallest absolute Gasteiger partial charge is 0.250 e. The Balaban J connectivity index is 2.50. The molecular formula is C6H8N4O. The molecule has 2 N–H and O–H groups in total. The molecule has 1 aromatic rings. The third-order valence-corrected chi connectivity index (χ3v) is 0.975. The van der Waals surface area contributed by atoms with Crippen molar-refractivity contribution in [3.63, 3.8) is 0 Å². The molecule has 58 valence electrons. The summed E-state index contributed by atoms with van der Waals surface area (Å²) >= 11 is 0. The molecule has 0 atom stereocenters. The molecule has 0 unspecified atom stereocenters. The van der Waals surface area contributed by atoms with E-state index in [0.29, 0.717) is 5.95 Å². The maximum atomic E-state index is 10.8. The number of allylic oxidation sites excluding steroid dienone is 1. The summed E-state index contributed by atoms with van der Waals surface area (Å²) in [5, 5.41) is 8.53. The van der Waals surface area contributed by atoms with Crippen LogP contribution in [0.2, 0.25) is 0 Å². The summed E-state index contributed by atoms with van der Waals surface area (Å²) in [4.78, 5) is 14.5. The van der Waals surface area contributed by atoms with Crippen LogP contribution >= 0.6 is 0 Å². The molecule has 0 aliphatic carbocycles. The first-order valence-electron chi connectivity index (χ1n) is 3.12. The van der Waals surface area contributed by atoms with Gasteiger partial charge in [0.05, 0.1) is 0 Å². The summed E-state index contributed by atoms with van der Waals surface area (Å²) in [6.07, 6.45) is 4.37. The molecule has 0 aromatic carbocycles. The van der Waals surface area contributed by atoms with Gasteiger partial charge in [-0.15, -0.1) is 0 Å². The van der Waals surface area contributed by atoms with Crippen molar-refractivity contribution in [3.05, 3.63) is 18.5 Å². The molecule has 1 aromatic heterocycles. The first kappa shape index (κ1) is 7.46. The molecule has 1 rings (SSSR count). The van der Waals surface area contributed by atoms with E-state index in [1.54, 1.807) is 13.0 Å². The van der Waals surface area contributed by atoms with Crippen molar-refractivity contribution in [2.45, 2.75) is 6.92 Å². The van der Waals surface area contributed by atoms with Gasteiger partial charge in [-0.25, -0.2) is 5.10 Å². The predicted molar refractivity (Wildman–Crippen MR) is 39.8 cm³/mol. The summed E-state index contributed by atoms with van der Waals surface area (Å²) < 4.78 is 0. The van der Waals surface area contributed by atoms with Crippen molar-refractivity contribution < 1.29 is 4.79 Å². The lowest BCUT2D eigenvalue weighted by Crippen LogP contribution is -2.08. The average Bonchev–Trinajstić information content (AvgIpc) is 2.40. The molecule has 1 amide bonds. The van der Waals surface area contributed by atoms with E-state index in [9.17, 15) is 4.79 Å². The number of hydrogen-bond donors (Lipinski definition) is 2. The van der Waals surface area contributed by atoms with Crippen LogP contribution in [0.1, 0.15) is 6.92 Å². The minimum atomic E-state index is -0.218. The van der Waals surface area contributed by atoms with Crippen LogP contribution in [-0.4, -0.2) is 21.1 Å². The van der Waals surface area contributed by atoms with Crippen LogP contribution in [-0.2, 0) is 4.79 Å². The summed E-state index contributed by atoms with van der Waals surface area (Å²) in [6, 6.07) is 0. The molecule has 0 spiro atoms. The van der Waals surface area contributed by atoms with Crippen molar-refractivity contribution >= 4 is 11.9 Å². The number of aromatic amines is 1. The maximum absolute atomic E-state index is 10.8. The van der Waals surface area contributed by atoms with Crippen molar-refractivity contribution in [2.24, 2.45) is 0 Å². The number of aromatic nitrogens is 3. The third-order valence-electron chi connectivity index (χ3n) is 0.975. The van der Waals surface area contributed by atoms with E-state index >= 15 is 0 Å². The lowest BCUT2D eigenvalue weighted by Gasteiger charge is -1.92. The standard InChI is InChI=1S/C6H8N4O/c1-2-3-5(11)9-6-7-4-8-10-6/h2-4H,1H3,(H2,7,8,9,10,11). The molecule has 5 nitrogen and oxygen atoms in total. The zero-order valence-corrected chi connectivity index (χ0v) is 6.03. The minimum Gasteiger partial charge on any atom is -0.291 e. The number of carbonyl (C=O) groups excluding carboxylic acids is 1. The Morgan fingerprint density at radius 3 is 3.18 bits per heavy atom. The van der Waals surface area contributed by atoms with Gasteiger partial charge in [0.25, 0.3) is 0 Å². The monoisotopic (exact) mass is 152 g/mol. The van der Waals surface area contributed by atoms with Gasteiger partial charge in [-0.05, 0) is 13.0 Å². The number of nitrogens with one attached hydrogen (secondary N) is 2. The van der Waals surface area contributed by atoms with Gasteiger partial charge >= 0.3 is 0 Å². The largest absolute Gasteiger partial charge is 0.291 e. The molecule has 0 saturated carbocycles. The highest BCUT2D eigenvalue weighted by Gasteiger charge is 1.97. The van der Waals surface area contributed by atoms with Crippen molar-refractivity contribution in [1.29, 1.82) is 0 Å². The van der Waals surface area contributed by atoms with Crippen molar-refractivity contribution in [1.82, 2.24) is 15.2 Å². The first-order chi connectivity index (χ1) is 5.33. The topological polar surface area (TPSA) is 70.7 Å². The van der Waals surface area contributed by atoms with Crippen LogP contribution < -0.4 is 5.32 Å². The zero-order valence-electron chi connectivity index (χ0n) is 6.03. The summed E-state index contributed by atoms with van der Waals surface area (Å²) in [5.41, 5.74) is 0. The lowest BCUT2D eigenvalue weighted by molar-refractivity contribution is -0.111. The number of rotatable bonds is 2. The van der Waals surface area contributed by atoms with E-state index in [0.717, 1.165) is 0 Å². The second kappa shape index (κ2) is 3.50. The highest BCUT2D eigenvalue weighted by Crippen LogP contribution is 1.91. The normalized spacial score (nSPS) is 10.3. The minimum absolute atomic E-state index is 0.218. The Morgan fingerprint density at radius 2 is 2.64 bits per heavy atom. The van der Waals surface area contributed by atoms with Gasteiger partial charge in [0.1, 0.15) is 6.33 Å². The second-order valence-corrected chi connectivity index (χ2v) is 1.82. The quantitative estimate of drug-likeness (QED) is 0.599. The van der Waals surface area contributed by atoms with Gasteiger partial charge in [-0.2, -0.15) is 10.1 Å². The van der Waals surface area contributed by atoms with Crippen LogP contribution in [0.3, 0.4) is 0 Å². The molecule has 0 radical (unpaired) electrons. The molecule has 0 bridgehead atoms. The van der Waals surface area contributed by atoms with E-state index in [1.165, 1.54) is 12.4 Å². The van der Waals surface area contributed by atoms with E-state index in [1.807, 2.05) is 0 Å². The highest BCUT2D eigenvalue weighted by atomic mass is 16.1. The van der Waals surface area contributed by atoms with Gasteiger partial charge in [0.15, 0.2) is 0 Å². The fraction of sp³-hybridized carbons (Fsp3) is 0.167. The van der Waals surface area contributed by atoms with Gasteiger partial charge in [-0.3, -0.25) is 10.1 Å². The molecule has 1 heterocycles. The lowest BCUT2D eigenvalue weighted by atomic mass is 10.5. The van der Waals surface area contributed by atoms with Crippen molar-refractivity contribution in [3.8, 4) is 0 Å². The van der Waals surface area contributed by atoms with Crippen LogP contribution in [0.4, 0.5) is 5.95 Å². The number of hydrogen-bond acceptors (Lipinski definition) is 3. The summed E-state index contributed by atoms with van der Waals surface area (Å²) in [7, 11) is 0. The molecule has 0 saturated heterocycles. The Morgan fingerprint density at radius 1 is 1.82 bits per heavy atom. The van der Waals surface area contributed by atoms with Gasteiger partial charge in [-0.1, -0.05) is 6.08 Å². The van der Waals surface area contributed by atoms with Crippen LogP contribution in [0.5, 0.6) is 0 Å². The Kier molecular flexibility index (Phi) is 2.37. The fourth-order valence-corrected chi connectivity index (χ4v) is 0.575. The van der Waals surface area contributed by atoms with E-state index in [4.69, 9.17) is 0 Å². The number of carbonyl (C=O) groups is 1. The Labute approximate surface area is 63.5 Å². The van der Waals surface area contributed by atoms with Crippen LogP contribution in [0, 0.1) is 0 Å². The van der Waals surface area contributed by atoms with Crippen molar-refractivity contribution in [2.75, 3.05) is 5.32 Å². The number of anilines is 1. The predicted octanol–water partition coefficient (Wildman–Crippen LogP) is 0.319. The molecule has 0 aliphatic rings. The SMILES string of the molecule is CC=CC(=O)Nc1ncn[nH]1. The van der Waals surface area contributed by atoms with Gasteiger partial charge in [0, 0.05) is 0 Å². The van der Waals surface area contributed by atoms with E-state index in [-0.39, 0.29) is 5.91 Å². The fourth-order valence-electron chi connectivity index (χ4n) is 0.575. The summed E-state index contributed by atoms with van der Waals surface area (Å²) in [5.74, 6) is 0.136. The van der Waals surface area contributed by atoms with Crippen LogP contribution in [0.15, 0.2) is 18.5 Å². The number of H-pyrrole nitrogens is 1.